The number of nitrogens with two attached hydrogens (primary N) is 1. The van der Waals surface area contributed by atoms with Crippen LogP contribution in [0.1, 0.15) is 24.0 Å². The normalized spacial score (nSPS) is 12.4. The maximum atomic E-state index is 11.8. The van der Waals surface area contributed by atoms with Crippen LogP contribution in [0.15, 0.2) is 48.5 Å². The Kier molecular flexibility index (Phi) is 5.32. The number of carbonyl (C=O) groups is 2. The molecule has 0 saturated carbocycles. The first kappa shape index (κ1) is 18.3. The van der Waals surface area contributed by atoms with E-state index in [1.807, 2.05) is 0 Å². The quantitative estimate of drug-likeness (QED) is 0.527. The highest BCUT2D eigenvalue weighted by Crippen LogP contribution is 2.40. The lowest BCUT2D eigenvalue weighted by molar-refractivity contribution is -0.165. The van der Waals surface area contributed by atoms with Crippen LogP contribution in [0.4, 0.5) is 5.69 Å². The molecule has 2 aromatic carbocycles. The smallest absolute Gasteiger partial charge is 0.321 e. The third-order valence-corrected chi connectivity index (χ3v) is 4.58. The Morgan fingerprint density at radius 2 is 1.64 bits per heavy atom. The Morgan fingerprint density at radius 3 is 2.12 bits per heavy atom. The Hall–Kier alpha value is -3.02. The van der Waals surface area contributed by atoms with Crippen LogP contribution >= 0.6 is 0 Å². The highest BCUT2D eigenvalue weighted by Gasteiger charge is 2.49. The minimum atomic E-state index is -2.00. The van der Waals surface area contributed by atoms with Gasteiger partial charge in [0, 0.05) is 11.6 Å². The number of para-hydroxylation sites is 1. The fourth-order valence-corrected chi connectivity index (χ4v) is 2.82. The Balaban J connectivity index is 2.55. The zero-order valence-electron chi connectivity index (χ0n) is 14.1. The van der Waals surface area contributed by atoms with Crippen molar-refractivity contribution in [2.24, 2.45) is 5.41 Å². The fraction of sp³-hybridized carbons (Fsp3) is 0.263. The first-order chi connectivity index (χ1) is 11.8. The van der Waals surface area contributed by atoms with Gasteiger partial charge in [0.25, 0.3) is 0 Å². The van der Waals surface area contributed by atoms with Crippen molar-refractivity contribution < 1.29 is 24.5 Å². The summed E-state index contributed by atoms with van der Waals surface area (Å²) in [4.78, 5) is 23.7. The molecule has 0 heterocycles. The van der Waals surface area contributed by atoms with E-state index in [0.29, 0.717) is 22.6 Å². The third-order valence-electron chi connectivity index (χ3n) is 4.58. The highest BCUT2D eigenvalue weighted by atomic mass is 16.5. The minimum absolute atomic E-state index is 0.189. The van der Waals surface area contributed by atoms with Crippen LogP contribution < -0.4 is 10.5 Å². The van der Waals surface area contributed by atoms with Gasteiger partial charge in [0.2, 0.25) is 0 Å². The molecule has 0 aliphatic rings. The number of anilines is 1. The van der Waals surface area contributed by atoms with E-state index in [1.165, 1.54) is 14.0 Å². The second kappa shape index (κ2) is 7.25. The molecule has 0 amide bonds. The van der Waals surface area contributed by atoms with Crippen molar-refractivity contribution in [1.82, 2.24) is 0 Å². The number of aliphatic carboxylic acids is 2. The number of hydrogen-bond acceptors (Lipinski definition) is 4. The van der Waals surface area contributed by atoms with Crippen LogP contribution in [0.3, 0.4) is 0 Å². The van der Waals surface area contributed by atoms with Crippen molar-refractivity contribution in [3.63, 3.8) is 0 Å². The predicted octanol–water partition coefficient (Wildman–Crippen LogP) is 2.78. The van der Waals surface area contributed by atoms with E-state index < -0.39 is 23.3 Å². The summed E-state index contributed by atoms with van der Waals surface area (Å²) in [7, 11) is 1.52. The van der Waals surface area contributed by atoms with Crippen LogP contribution in [0.25, 0.3) is 0 Å². The van der Waals surface area contributed by atoms with E-state index in [-0.39, 0.29) is 6.42 Å². The molecule has 1 unspecified atom stereocenters. The number of carboxylic acid groups (broad SMARTS) is 2. The summed E-state index contributed by atoms with van der Waals surface area (Å²) < 4.78 is 5.11. The maximum Gasteiger partial charge on any atom is 0.321 e. The number of benzene rings is 2. The van der Waals surface area contributed by atoms with E-state index in [4.69, 9.17) is 10.5 Å². The van der Waals surface area contributed by atoms with Gasteiger partial charge >= 0.3 is 11.9 Å². The van der Waals surface area contributed by atoms with Gasteiger partial charge in [-0.25, -0.2) is 0 Å². The summed E-state index contributed by atoms with van der Waals surface area (Å²) in [5.41, 5.74) is 5.77. The Bertz CT molecular complexity index is 756. The molecule has 4 N–H and O–H groups in total. The van der Waals surface area contributed by atoms with Crippen molar-refractivity contribution in [3.8, 4) is 5.75 Å². The van der Waals surface area contributed by atoms with Gasteiger partial charge < -0.3 is 20.7 Å². The first-order valence-electron chi connectivity index (χ1n) is 7.74. The van der Waals surface area contributed by atoms with E-state index in [0.717, 1.165) is 0 Å². The molecule has 0 aliphatic heterocycles. The second-order valence-corrected chi connectivity index (χ2v) is 6.04. The topological polar surface area (TPSA) is 110 Å². The Morgan fingerprint density at radius 1 is 1.08 bits per heavy atom. The molecule has 6 heteroatoms. The largest absolute Gasteiger partial charge is 0.497 e. The second-order valence-electron chi connectivity index (χ2n) is 6.04. The van der Waals surface area contributed by atoms with Gasteiger partial charge in [0.1, 0.15) is 5.75 Å². The van der Waals surface area contributed by atoms with Crippen LogP contribution in [-0.2, 0) is 16.0 Å². The summed E-state index contributed by atoms with van der Waals surface area (Å²) in [6, 6.07) is 13.8. The van der Waals surface area contributed by atoms with Crippen molar-refractivity contribution in [2.45, 2.75) is 19.3 Å². The van der Waals surface area contributed by atoms with Gasteiger partial charge in [-0.1, -0.05) is 30.3 Å². The average Bonchev–Trinajstić information content (AvgIpc) is 2.60. The predicted molar refractivity (Wildman–Crippen MR) is 93.7 cm³/mol. The standard InChI is InChI=1S/C19H21NO5/c1-19(17(21)22,18(23)24)15(11-13-5-3-4-6-16(13)20)12-7-9-14(25-2)10-8-12/h3-10,15H,11,20H2,1-2H3,(H,21,22)(H,23,24). The van der Waals surface area contributed by atoms with Gasteiger partial charge in [-0.15, -0.1) is 0 Å². The number of nitrogen functional groups attached to an aromatic ring is 1. The molecule has 0 radical (unpaired) electrons. The van der Waals surface area contributed by atoms with Gasteiger partial charge in [-0.2, -0.15) is 0 Å². The summed E-state index contributed by atoms with van der Waals surface area (Å²) in [6.45, 7) is 1.23. The van der Waals surface area contributed by atoms with E-state index in [2.05, 4.69) is 0 Å². The lowest BCUT2D eigenvalue weighted by Gasteiger charge is -2.31. The van der Waals surface area contributed by atoms with Crippen molar-refractivity contribution >= 4 is 17.6 Å². The molecule has 1 atom stereocenters. The van der Waals surface area contributed by atoms with Crippen molar-refractivity contribution in [3.05, 3.63) is 59.7 Å². The maximum absolute atomic E-state index is 11.8. The van der Waals surface area contributed by atoms with Gasteiger partial charge in [-0.05, 0) is 42.7 Å². The van der Waals surface area contributed by atoms with Crippen molar-refractivity contribution in [1.29, 1.82) is 0 Å². The molecular formula is C19H21NO5. The molecule has 2 aromatic rings. The zero-order chi connectivity index (χ0) is 18.6. The molecule has 0 aliphatic carbocycles. The first-order valence-corrected chi connectivity index (χ1v) is 7.74. The Labute approximate surface area is 145 Å². The molecule has 2 rings (SSSR count). The summed E-state index contributed by atoms with van der Waals surface area (Å²) in [5, 5.41) is 19.3. The van der Waals surface area contributed by atoms with Gasteiger partial charge in [-0.3, -0.25) is 9.59 Å². The van der Waals surface area contributed by atoms with Gasteiger partial charge in [0.15, 0.2) is 5.41 Å². The van der Waals surface area contributed by atoms with Crippen LogP contribution in [-0.4, -0.2) is 29.3 Å². The number of methoxy groups -OCH3 is 1. The molecule has 132 valence electrons. The monoisotopic (exact) mass is 343 g/mol. The highest BCUT2D eigenvalue weighted by molar-refractivity contribution is 5.99. The molecule has 0 fully saturated rings. The van der Waals surface area contributed by atoms with Gasteiger partial charge in [0.05, 0.1) is 7.11 Å². The van der Waals surface area contributed by atoms with Crippen LogP contribution in [0.5, 0.6) is 5.75 Å². The van der Waals surface area contributed by atoms with Crippen LogP contribution in [0.2, 0.25) is 0 Å². The summed E-state index contributed by atoms with van der Waals surface area (Å²) >= 11 is 0. The number of ether oxygens (including phenoxy) is 1. The summed E-state index contributed by atoms with van der Waals surface area (Å²) in [6.07, 6.45) is 0.189. The van der Waals surface area contributed by atoms with Crippen molar-refractivity contribution in [2.75, 3.05) is 12.8 Å². The van der Waals surface area contributed by atoms with Crippen LogP contribution in [0, 0.1) is 5.41 Å². The molecule has 6 nitrogen and oxygen atoms in total. The van der Waals surface area contributed by atoms with E-state index in [1.54, 1.807) is 48.5 Å². The third kappa shape index (κ3) is 3.57. The molecule has 25 heavy (non-hydrogen) atoms. The fourth-order valence-electron chi connectivity index (χ4n) is 2.82. The average molecular weight is 343 g/mol. The zero-order valence-corrected chi connectivity index (χ0v) is 14.1. The van der Waals surface area contributed by atoms with E-state index in [9.17, 15) is 19.8 Å². The molecule has 0 saturated heterocycles. The molecule has 0 aromatic heterocycles. The lowest BCUT2D eigenvalue weighted by atomic mass is 9.70. The lowest BCUT2D eigenvalue weighted by Crippen LogP contribution is -2.42. The molecular weight excluding hydrogens is 322 g/mol. The molecule has 0 bridgehead atoms. The van der Waals surface area contributed by atoms with E-state index >= 15 is 0 Å². The molecule has 0 spiro atoms. The summed E-state index contributed by atoms with van der Waals surface area (Å²) in [5.74, 6) is -2.99. The minimum Gasteiger partial charge on any atom is -0.497 e. The SMILES string of the molecule is COc1ccc(C(Cc2ccccc2N)C(C)(C(=O)O)C(=O)O)cc1. The number of rotatable bonds is 7. The number of hydrogen-bond donors (Lipinski definition) is 3. The number of carboxylic acids is 2.